The van der Waals surface area contributed by atoms with Crippen molar-refractivity contribution in [2.75, 3.05) is 26.7 Å². The number of rotatable bonds is 5. The lowest BCUT2D eigenvalue weighted by molar-refractivity contribution is 0.0681. The average molecular weight is 443 g/mol. The summed E-state index contributed by atoms with van der Waals surface area (Å²) in [4.78, 5) is 15.6. The van der Waals surface area contributed by atoms with E-state index in [1.54, 1.807) is 31.4 Å². The number of amides is 1. The fourth-order valence-corrected chi connectivity index (χ4v) is 6.05. The number of hydrogen-bond donors (Lipinski definition) is 0. The van der Waals surface area contributed by atoms with Crippen molar-refractivity contribution in [1.29, 1.82) is 0 Å². The van der Waals surface area contributed by atoms with Gasteiger partial charge in [0.05, 0.1) is 18.0 Å². The zero-order valence-corrected chi connectivity index (χ0v) is 18.8. The van der Waals surface area contributed by atoms with Crippen LogP contribution in [0, 0.1) is 0 Å². The predicted octanol–water partition coefficient (Wildman–Crippen LogP) is 4.24. The molecule has 0 saturated carbocycles. The molecule has 0 radical (unpaired) electrons. The number of carbonyl (C=O) groups is 1. The largest absolute Gasteiger partial charge is 0.497 e. The van der Waals surface area contributed by atoms with E-state index in [0.29, 0.717) is 25.2 Å². The summed E-state index contributed by atoms with van der Waals surface area (Å²) in [6, 6.07) is 14.4. The Morgan fingerprint density at radius 1 is 0.871 bits per heavy atom. The zero-order chi connectivity index (χ0) is 21.8. The standard InChI is InChI=1S/C24H30N2O4S/c1-30-21-12-8-19(9-13-21)23-7-3-2-4-18-26(23)24(27)20-10-14-22(15-11-20)31(28,29)25-16-5-6-17-25/h8-15,23H,2-7,16-18H2,1H3/t23-/m1/s1. The van der Waals surface area contributed by atoms with Crippen LogP contribution in [0.25, 0.3) is 0 Å². The molecule has 0 N–H and O–H groups in total. The molecular weight excluding hydrogens is 412 g/mol. The molecule has 0 bridgehead atoms. The maximum Gasteiger partial charge on any atom is 0.254 e. The number of benzene rings is 2. The molecule has 2 aliphatic heterocycles. The topological polar surface area (TPSA) is 66.9 Å². The second-order valence-electron chi connectivity index (χ2n) is 8.27. The summed E-state index contributed by atoms with van der Waals surface area (Å²) < 4.78 is 32.3. The lowest BCUT2D eigenvalue weighted by atomic mass is 10.00. The van der Waals surface area contributed by atoms with E-state index in [0.717, 1.165) is 49.8 Å². The number of nitrogens with zero attached hydrogens (tertiary/aromatic N) is 2. The molecule has 0 spiro atoms. The fourth-order valence-electron chi connectivity index (χ4n) is 4.54. The van der Waals surface area contributed by atoms with Crippen LogP contribution in [0.15, 0.2) is 53.4 Å². The molecule has 2 aromatic rings. The number of likely N-dealkylation sites (tertiary alicyclic amines) is 1. The van der Waals surface area contributed by atoms with E-state index in [1.807, 2.05) is 29.2 Å². The van der Waals surface area contributed by atoms with Gasteiger partial charge in [-0.3, -0.25) is 4.79 Å². The van der Waals surface area contributed by atoms with E-state index in [9.17, 15) is 13.2 Å². The highest BCUT2D eigenvalue weighted by Crippen LogP contribution is 2.32. The molecule has 6 nitrogen and oxygen atoms in total. The molecule has 2 fully saturated rings. The van der Waals surface area contributed by atoms with Crippen LogP contribution in [0.4, 0.5) is 0 Å². The van der Waals surface area contributed by atoms with E-state index in [1.165, 1.54) is 4.31 Å². The minimum Gasteiger partial charge on any atom is -0.497 e. The minimum atomic E-state index is -3.48. The van der Waals surface area contributed by atoms with E-state index < -0.39 is 10.0 Å². The summed E-state index contributed by atoms with van der Waals surface area (Å²) in [6.07, 6.45) is 5.87. The number of methoxy groups -OCH3 is 1. The molecule has 31 heavy (non-hydrogen) atoms. The van der Waals surface area contributed by atoms with Crippen LogP contribution >= 0.6 is 0 Å². The molecule has 166 valence electrons. The number of carbonyl (C=O) groups excluding carboxylic acids is 1. The molecule has 0 aromatic heterocycles. The SMILES string of the molecule is COc1ccc([C@H]2CCCCCN2C(=O)c2ccc(S(=O)(=O)N3CCCC3)cc2)cc1. The van der Waals surface area contributed by atoms with Crippen LogP contribution in [0.3, 0.4) is 0 Å². The summed E-state index contributed by atoms with van der Waals surface area (Å²) >= 11 is 0. The Hall–Kier alpha value is -2.38. The first-order chi connectivity index (χ1) is 15.0. The maximum absolute atomic E-state index is 13.4. The number of sulfonamides is 1. The Kier molecular flexibility index (Phi) is 6.62. The Balaban J connectivity index is 1.57. The van der Waals surface area contributed by atoms with Gasteiger partial charge < -0.3 is 9.64 Å². The monoisotopic (exact) mass is 442 g/mol. The molecule has 2 saturated heterocycles. The van der Waals surface area contributed by atoms with E-state index in [4.69, 9.17) is 4.74 Å². The molecule has 1 amide bonds. The summed E-state index contributed by atoms with van der Waals surface area (Å²) in [5.41, 5.74) is 1.63. The first-order valence-corrected chi connectivity index (χ1v) is 12.5. The molecule has 2 aromatic carbocycles. The number of ether oxygens (including phenoxy) is 1. The molecular formula is C24H30N2O4S. The smallest absolute Gasteiger partial charge is 0.254 e. The van der Waals surface area contributed by atoms with E-state index in [-0.39, 0.29) is 16.8 Å². The highest BCUT2D eigenvalue weighted by atomic mass is 32.2. The quantitative estimate of drug-likeness (QED) is 0.695. The van der Waals surface area contributed by atoms with Crippen molar-refractivity contribution in [1.82, 2.24) is 9.21 Å². The third kappa shape index (κ3) is 4.62. The van der Waals surface area contributed by atoms with Gasteiger partial charge in [-0.15, -0.1) is 0 Å². The lowest BCUT2D eigenvalue weighted by Gasteiger charge is -2.31. The first kappa shape index (κ1) is 21.8. The summed E-state index contributed by atoms with van der Waals surface area (Å²) in [6.45, 7) is 1.84. The molecule has 0 aliphatic carbocycles. The van der Waals surface area contributed by atoms with Crippen molar-refractivity contribution >= 4 is 15.9 Å². The van der Waals surface area contributed by atoms with Crippen LogP contribution < -0.4 is 4.74 Å². The average Bonchev–Trinajstić information content (AvgIpc) is 3.25. The van der Waals surface area contributed by atoms with Gasteiger partial charge in [0, 0.05) is 25.2 Å². The van der Waals surface area contributed by atoms with Gasteiger partial charge in [0.2, 0.25) is 10.0 Å². The van der Waals surface area contributed by atoms with E-state index >= 15 is 0 Å². The molecule has 7 heteroatoms. The second kappa shape index (κ2) is 9.40. The highest BCUT2D eigenvalue weighted by Gasteiger charge is 2.29. The third-order valence-electron chi connectivity index (χ3n) is 6.32. The van der Waals surface area contributed by atoms with Crippen molar-refractivity contribution in [2.45, 2.75) is 49.5 Å². The van der Waals surface area contributed by atoms with Crippen LogP contribution in [-0.2, 0) is 10.0 Å². The molecule has 0 unspecified atom stereocenters. The van der Waals surface area contributed by atoms with Crippen molar-refractivity contribution in [2.24, 2.45) is 0 Å². The number of hydrogen-bond acceptors (Lipinski definition) is 4. The fraction of sp³-hybridized carbons (Fsp3) is 0.458. The summed E-state index contributed by atoms with van der Waals surface area (Å²) in [5, 5.41) is 0. The van der Waals surface area contributed by atoms with Crippen molar-refractivity contribution in [3.05, 3.63) is 59.7 Å². The van der Waals surface area contributed by atoms with Crippen LogP contribution in [0.5, 0.6) is 5.75 Å². The normalized spacial score (nSPS) is 20.4. The third-order valence-corrected chi connectivity index (χ3v) is 8.23. The van der Waals surface area contributed by atoms with Gasteiger partial charge >= 0.3 is 0 Å². The lowest BCUT2D eigenvalue weighted by Crippen LogP contribution is -2.35. The Morgan fingerprint density at radius 3 is 2.16 bits per heavy atom. The summed E-state index contributed by atoms with van der Waals surface area (Å²) in [5.74, 6) is 0.748. The molecule has 4 rings (SSSR count). The zero-order valence-electron chi connectivity index (χ0n) is 18.0. The Bertz CT molecular complexity index is 997. The maximum atomic E-state index is 13.4. The van der Waals surface area contributed by atoms with Crippen molar-refractivity contribution in [3.63, 3.8) is 0 Å². The summed E-state index contributed by atoms with van der Waals surface area (Å²) in [7, 11) is -1.83. The van der Waals surface area contributed by atoms with Gasteiger partial charge in [0.1, 0.15) is 5.75 Å². The van der Waals surface area contributed by atoms with Gasteiger partial charge in [-0.2, -0.15) is 4.31 Å². The van der Waals surface area contributed by atoms with Crippen molar-refractivity contribution in [3.8, 4) is 5.75 Å². The molecule has 2 heterocycles. The Morgan fingerprint density at radius 2 is 1.52 bits per heavy atom. The van der Waals surface area contributed by atoms with Crippen LogP contribution in [0.1, 0.15) is 60.5 Å². The first-order valence-electron chi connectivity index (χ1n) is 11.1. The predicted molar refractivity (Wildman–Crippen MR) is 120 cm³/mol. The highest BCUT2D eigenvalue weighted by molar-refractivity contribution is 7.89. The molecule has 2 aliphatic rings. The van der Waals surface area contributed by atoms with Gasteiger partial charge in [0.25, 0.3) is 5.91 Å². The Labute approximate surface area is 184 Å². The molecule has 1 atom stereocenters. The van der Waals surface area contributed by atoms with Crippen LogP contribution in [0.2, 0.25) is 0 Å². The van der Waals surface area contributed by atoms with E-state index in [2.05, 4.69) is 0 Å². The van der Waals surface area contributed by atoms with Crippen LogP contribution in [-0.4, -0.2) is 50.3 Å². The van der Waals surface area contributed by atoms with Gasteiger partial charge in [-0.05, 0) is 67.6 Å². The van der Waals surface area contributed by atoms with Gasteiger partial charge in [-0.1, -0.05) is 25.0 Å². The van der Waals surface area contributed by atoms with Gasteiger partial charge in [-0.25, -0.2) is 8.42 Å². The second-order valence-corrected chi connectivity index (χ2v) is 10.2. The van der Waals surface area contributed by atoms with Gasteiger partial charge in [0.15, 0.2) is 0 Å². The van der Waals surface area contributed by atoms with Crippen molar-refractivity contribution < 1.29 is 17.9 Å². The minimum absolute atomic E-state index is 0.00825.